The zero-order valence-electron chi connectivity index (χ0n) is 11.8. The number of rotatable bonds is 4. The zero-order valence-corrected chi connectivity index (χ0v) is 13.4. The highest BCUT2D eigenvalue weighted by Crippen LogP contribution is 2.43. The van der Waals surface area contributed by atoms with Gasteiger partial charge in [-0.1, -0.05) is 26.3 Å². The van der Waals surface area contributed by atoms with Gasteiger partial charge in [-0.2, -0.15) is 0 Å². The van der Waals surface area contributed by atoms with Crippen molar-refractivity contribution in [3.05, 3.63) is 28.2 Å². The van der Waals surface area contributed by atoms with E-state index in [-0.39, 0.29) is 11.3 Å². The summed E-state index contributed by atoms with van der Waals surface area (Å²) in [5, 5.41) is 0. The Bertz CT molecular complexity index is 480. The van der Waals surface area contributed by atoms with Crippen LogP contribution < -0.4 is 4.74 Å². The van der Waals surface area contributed by atoms with Crippen LogP contribution >= 0.6 is 15.9 Å². The lowest BCUT2D eigenvalue weighted by atomic mass is 9.78. The molecule has 0 bridgehead atoms. The standard InChI is InChI=1S/C16H21BrO2/c1-16(2)8-4-5-12(16)14(18)10-11-6-7-15(19-3)13(17)9-11/h6-7,9,12H,4-5,8,10H2,1-3H3. The summed E-state index contributed by atoms with van der Waals surface area (Å²) in [6, 6.07) is 5.87. The molecule has 1 unspecified atom stereocenters. The van der Waals surface area contributed by atoms with Gasteiger partial charge in [0.2, 0.25) is 0 Å². The maximum absolute atomic E-state index is 12.4. The highest BCUT2D eigenvalue weighted by molar-refractivity contribution is 9.10. The van der Waals surface area contributed by atoms with Crippen molar-refractivity contribution in [3.63, 3.8) is 0 Å². The highest BCUT2D eigenvalue weighted by atomic mass is 79.9. The number of carbonyl (C=O) groups excluding carboxylic acids is 1. The molecular weight excluding hydrogens is 304 g/mol. The summed E-state index contributed by atoms with van der Waals surface area (Å²) >= 11 is 3.47. The Balaban J connectivity index is 2.09. The van der Waals surface area contributed by atoms with Gasteiger partial charge in [0.15, 0.2) is 0 Å². The van der Waals surface area contributed by atoms with Crippen LogP contribution in [0.1, 0.15) is 38.7 Å². The minimum absolute atomic E-state index is 0.167. The lowest BCUT2D eigenvalue weighted by molar-refractivity contribution is -0.124. The van der Waals surface area contributed by atoms with Gasteiger partial charge in [-0.25, -0.2) is 0 Å². The average Bonchev–Trinajstić information content (AvgIpc) is 2.69. The molecule has 0 saturated heterocycles. The fourth-order valence-corrected chi connectivity index (χ4v) is 3.66. The quantitative estimate of drug-likeness (QED) is 0.820. The first-order chi connectivity index (χ1) is 8.94. The molecule has 0 amide bonds. The van der Waals surface area contributed by atoms with Gasteiger partial charge in [0.1, 0.15) is 11.5 Å². The number of methoxy groups -OCH3 is 1. The Labute approximate surface area is 123 Å². The normalized spacial score (nSPS) is 21.4. The van der Waals surface area contributed by atoms with Gasteiger partial charge >= 0.3 is 0 Å². The summed E-state index contributed by atoms with van der Waals surface area (Å²) < 4.78 is 6.11. The van der Waals surface area contributed by atoms with Crippen LogP contribution in [0.15, 0.2) is 22.7 Å². The third kappa shape index (κ3) is 3.19. The Morgan fingerprint density at radius 3 is 2.74 bits per heavy atom. The van der Waals surface area contributed by atoms with Crippen LogP contribution in [0, 0.1) is 11.3 Å². The Kier molecular flexibility index (Phi) is 4.34. The van der Waals surface area contributed by atoms with E-state index in [2.05, 4.69) is 29.8 Å². The molecule has 2 rings (SSSR count). The summed E-state index contributed by atoms with van der Waals surface area (Å²) in [6.45, 7) is 4.43. The Morgan fingerprint density at radius 1 is 1.47 bits per heavy atom. The summed E-state index contributed by atoms with van der Waals surface area (Å²) in [5.74, 6) is 1.39. The molecule has 3 heteroatoms. The predicted octanol–water partition coefficient (Wildman–Crippen LogP) is 4.40. The first-order valence-corrected chi connectivity index (χ1v) is 7.58. The van der Waals surface area contributed by atoms with E-state index in [1.165, 1.54) is 6.42 Å². The average molecular weight is 325 g/mol. The second-order valence-electron chi connectivity index (χ2n) is 6.05. The van der Waals surface area contributed by atoms with Gasteiger partial charge in [-0.3, -0.25) is 4.79 Å². The minimum Gasteiger partial charge on any atom is -0.496 e. The van der Waals surface area contributed by atoms with Gasteiger partial charge in [-0.05, 0) is 51.9 Å². The second kappa shape index (κ2) is 5.66. The Hall–Kier alpha value is -0.830. The smallest absolute Gasteiger partial charge is 0.140 e. The van der Waals surface area contributed by atoms with Crippen molar-refractivity contribution >= 4 is 21.7 Å². The molecule has 1 aromatic rings. The fourth-order valence-electron chi connectivity index (χ4n) is 3.07. The number of carbonyl (C=O) groups is 1. The molecule has 0 heterocycles. The third-order valence-corrected chi connectivity index (χ3v) is 4.86. The van der Waals surface area contributed by atoms with Crippen LogP contribution in [-0.4, -0.2) is 12.9 Å². The van der Waals surface area contributed by atoms with Crippen molar-refractivity contribution in [2.24, 2.45) is 11.3 Å². The summed E-state index contributed by atoms with van der Waals surface area (Å²) in [5.41, 5.74) is 1.22. The first kappa shape index (κ1) is 14.6. The fraction of sp³-hybridized carbons (Fsp3) is 0.562. The number of benzene rings is 1. The molecule has 0 spiro atoms. The molecule has 0 aliphatic heterocycles. The van der Waals surface area contributed by atoms with E-state index >= 15 is 0 Å². The third-order valence-electron chi connectivity index (χ3n) is 4.24. The van der Waals surface area contributed by atoms with Gasteiger partial charge in [-0.15, -0.1) is 0 Å². The lowest BCUT2D eigenvalue weighted by Crippen LogP contribution is -2.27. The first-order valence-electron chi connectivity index (χ1n) is 6.79. The lowest BCUT2D eigenvalue weighted by Gasteiger charge is -2.25. The van der Waals surface area contributed by atoms with Gasteiger partial charge in [0.05, 0.1) is 11.6 Å². The monoisotopic (exact) mass is 324 g/mol. The molecule has 1 aliphatic carbocycles. The molecular formula is C16H21BrO2. The van der Waals surface area contributed by atoms with E-state index in [9.17, 15) is 4.79 Å². The SMILES string of the molecule is COc1ccc(CC(=O)C2CCCC2(C)C)cc1Br. The molecule has 0 N–H and O–H groups in total. The maximum Gasteiger partial charge on any atom is 0.140 e. The molecule has 1 fully saturated rings. The van der Waals surface area contributed by atoms with Crippen molar-refractivity contribution < 1.29 is 9.53 Å². The summed E-state index contributed by atoms with van der Waals surface area (Å²) in [7, 11) is 1.64. The molecule has 0 radical (unpaired) electrons. The van der Waals surface area contributed by atoms with Gasteiger partial charge < -0.3 is 4.74 Å². The van der Waals surface area contributed by atoms with Crippen molar-refractivity contribution in [3.8, 4) is 5.75 Å². The number of ketones is 1. The van der Waals surface area contributed by atoms with E-state index in [1.807, 2.05) is 18.2 Å². The van der Waals surface area contributed by atoms with Crippen LogP contribution in [0.4, 0.5) is 0 Å². The Morgan fingerprint density at radius 2 is 2.21 bits per heavy atom. The molecule has 2 nitrogen and oxygen atoms in total. The van der Waals surface area contributed by atoms with Crippen molar-refractivity contribution in [2.75, 3.05) is 7.11 Å². The number of Topliss-reactive ketones (excluding diaryl/α,β-unsaturated/α-hetero) is 1. The molecule has 104 valence electrons. The summed E-state index contributed by atoms with van der Waals surface area (Å²) in [4.78, 5) is 12.4. The molecule has 1 aliphatic rings. The van der Waals surface area contributed by atoms with Crippen LogP contribution in [-0.2, 0) is 11.2 Å². The van der Waals surface area contributed by atoms with Gasteiger partial charge in [0, 0.05) is 12.3 Å². The number of halogens is 1. The zero-order chi connectivity index (χ0) is 14.0. The molecule has 19 heavy (non-hydrogen) atoms. The number of ether oxygens (including phenoxy) is 1. The van der Waals surface area contributed by atoms with Crippen LogP contribution in [0.3, 0.4) is 0 Å². The number of hydrogen-bond donors (Lipinski definition) is 0. The van der Waals surface area contributed by atoms with Crippen molar-refractivity contribution in [1.29, 1.82) is 0 Å². The molecule has 1 atom stereocenters. The van der Waals surface area contributed by atoms with E-state index in [0.717, 1.165) is 28.6 Å². The highest BCUT2D eigenvalue weighted by Gasteiger charge is 2.38. The van der Waals surface area contributed by atoms with Crippen LogP contribution in [0.25, 0.3) is 0 Å². The van der Waals surface area contributed by atoms with Crippen molar-refractivity contribution in [2.45, 2.75) is 39.5 Å². The predicted molar refractivity (Wildman–Crippen MR) is 80.5 cm³/mol. The minimum atomic E-state index is 0.167. The van der Waals surface area contributed by atoms with Crippen LogP contribution in [0.2, 0.25) is 0 Å². The van der Waals surface area contributed by atoms with E-state index in [1.54, 1.807) is 7.11 Å². The maximum atomic E-state index is 12.4. The summed E-state index contributed by atoms with van der Waals surface area (Å²) in [6.07, 6.45) is 3.91. The van der Waals surface area contributed by atoms with E-state index in [4.69, 9.17) is 4.74 Å². The van der Waals surface area contributed by atoms with E-state index < -0.39 is 0 Å². The molecule has 1 saturated carbocycles. The second-order valence-corrected chi connectivity index (χ2v) is 6.90. The van der Waals surface area contributed by atoms with Gasteiger partial charge in [0.25, 0.3) is 0 Å². The largest absolute Gasteiger partial charge is 0.496 e. The van der Waals surface area contributed by atoms with Crippen molar-refractivity contribution in [1.82, 2.24) is 0 Å². The topological polar surface area (TPSA) is 26.3 Å². The molecule has 1 aromatic carbocycles. The number of hydrogen-bond acceptors (Lipinski definition) is 2. The van der Waals surface area contributed by atoms with E-state index in [0.29, 0.717) is 12.2 Å². The van der Waals surface area contributed by atoms with Crippen LogP contribution in [0.5, 0.6) is 5.75 Å². The molecule has 0 aromatic heterocycles.